The molecule has 60 valence electrons. The van der Waals surface area contributed by atoms with Crippen molar-refractivity contribution in [2.24, 2.45) is 12.9 Å². The summed E-state index contributed by atoms with van der Waals surface area (Å²) >= 11 is 0. The zero-order valence-corrected chi connectivity index (χ0v) is 6.35. The number of amides is 1. The summed E-state index contributed by atoms with van der Waals surface area (Å²) in [6.45, 7) is 0. The lowest BCUT2D eigenvalue weighted by Crippen LogP contribution is -2.33. The van der Waals surface area contributed by atoms with E-state index in [2.05, 4.69) is 10.2 Å². The molecule has 1 rings (SSSR count). The number of rotatable bonds is 1. The SMILES string of the molecule is CN(N)C(=O)c1cnn(C)n1. The topological polar surface area (TPSA) is 77.0 Å². The Bertz CT molecular complexity index is 266. The first-order valence-corrected chi connectivity index (χ1v) is 3.00. The summed E-state index contributed by atoms with van der Waals surface area (Å²) in [7, 11) is 3.09. The number of nitrogens with zero attached hydrogens (tertiary/aromatic N) is 4. The Hall–Kier alpha value is -1.43. The van der Waals surface area contributed by atoms with Crippen LogP contribution in [-0.2, 0) is 7.05 Å². The molecule has 2 N–H and O–H groups in total. The smallest absolute Gasteiger partial charge is 0.278 e. The number of aromatic nitrogens is 3. The van der Waals surface area contributed by atoms with Gasteiger partial charge in [-0.05, 0) is 0 Å². The highest BCUT2D eigenvalue weighted by Crippen LogP contribution is 1.92. The van der Waals surface area contributed by atoms with Gasteiger partial charge in [-0.3, -0.25) is 9.80 Å². The molecule has 0 saturated heterocycles. The van der Waals surface area contributed by atoms with Crippen LogP contribution in [0.5, 0.6) is 0 Å². The fourth-order valence-corrected chi connectivity index (χ4v) is 0.624. The summed E-state index contributed by atoms with van der Waals surface area (Å²) in [5, 5.41) is 8.45. The second-order valence-electron chi connectivity index (χ2n) is 2.14. The standard InChI is InChI=1S/C5H9N5O/c1-9(6)5(11)4-3-7-10(2)8-4/h3H,6H2,1-2H3. The molecule has 0 spiro atoms. The zero-order valence-electron chi connectivity index (χ0n) is 6.35. The zero-order chi connectivity index (χ0) is 8.43. The predicted molar refractivity (Wildman–Crippen MR) is 37.3 cm³/mol. The van der Waals surface area contributed by atoms with Crippen LogP contribution in [0.3, 0.4) is 0 Å². The van der Waals surface area contributed by atoms with Crippen molar-refractivity contribution in [1.29, 1.82) is 0 Å². The number of hydrazine groups is 1. The second-order valence-corrected chi connectivity index (χ2v) is 2.14. The molecule has 1 heterocycles. The van der Waals surface area contributed by atoms with Gasteiger partial charge in [-0.2, -0.15) is 9.90 Å². The van der Waals surface area contributed by atoms with Crippen LogP contribution in [0.2, 0.25) is 0 Å². The Kier molecular flexibility index (Phi) is 1.86. The van der Waals surface area contributed by atoms with Gasteiger partial charge in [0.1, 0.15) is 0 Å². The lowest BCUT2D eigenvalue weighted by molar-refractivity contribution is 0.0788. The molecular formula is C5H9N5O. The van der Waals surface area contributed by atoms with Crippen molar-refractivity contribution < 1.29 is 4.79 Å². The van der Waals surface area contributed by atoms with Gasteiger partial charge < -0.3 is 0 Å². The molecular weight excluding hydrogens is 146 g/mol. The van der Waals surface area contributed by atoms with Crippen LogP contribution in [0.1, 0.15) is 10.5 Å². The van der Waals surface area contributed by atoms with E-state index in [9.17, 15) is 4.79 Å². The average Bonchev–Trinajstić information content (AvgIpc) is 2.34. The Morgan fingerprint density at radius 2 is 2.45 bits per heavy atom. The van der Waals surface area contributed by atoms with Crippen molar-refractivity contribution in [3.05, 3.63) is 11.9 Å². The van der Waals surface area contributed by atoms with Gasteiger partial charge in [0, 0.05) is 14.1 Å². The van der Waals surface area contributed by atoms with E-state index in [1.54, 1.807) is 7.05 Å². The second kappa shape index (κ2) is 2.67. The fourth-order valence-electron chi connectivity index (χ4n) is 0.624. The Morgan fingerprint density at radius 3 is 2.82 bits per heavy atom. The largest absolute Gasteiger partial charge is 0.289 e. The molecule has 1 amide bonds. The molecule has 0 aliphatic rings. The summed E-state index contributed by atoms with van der Waals surface area (Å²) < 4.78 is 0. The Morgan fingerprint density at radius 1 is 1.82 bits per heavy atom. The van der Waals surface area contributed by atoms with Gasteiger partial charge in [0.05, 0.1) is 6.20 Å². The van der Waals surface area contributed by atoms with E-state index in [1.165, 1.54) is 18.0 Å². The van der Waals surface area contributed by atoms with Crippen molar-refractivity contribution in [3.8, 4) is 0 Å². The Balaban J connectivity index is 2.85. The van der Waals surface area contributed by atoms with Crippen molar-refractivity contribution in [1.82, 2.24) is 20.0 Å². The van der Waals surface area contributed by atoms with Crippen molar-refractivity contribution in [2.75, 3.05) is 7.05 Å². The van der Waals surface area contributed by atoms with Gasteiger partial charge in [-0.15, -0.1) is 5.10 Å². The van der Waals surface area contributed by atoms with E-state index >= 15 is 0 Å². The minimum absolute atomic E-state index is 0.248. The van der Waals surface area contributed by atoms with E-state index in [-0.39, 0.29) is 11.6 Å². The minimum atomic E-state index is -0.349. The van der Waals surface area contributed by atoms with Gasteiger partial charge in [0.25, 0.3) is 5.91 Å². The van der Waals surface area contributed by atoms with Crippen molar-refractivity contribution in [2.45, 2.75) is 0 Å². The number of hydrogen-bond donors (Lipinski definition) is 1. The summed E-state index contributed by atoms with van der Waals surface area (Å²) in [5.41, 5.74) is 0.248. The fraction of sp³-hybridized carbons (Fsp3) is 0.400. The van der Waals surface area contributed by atoms with Crippen molar-refractivity contribution >= 4 is 5.91 Å². The third-order valence-electron chi connectivity index (χ3n) is 1.14. The molecule has 0 unspecified atom stereocenters. The molecule has 0 aromatic carbocycles. The quantitative estimate of drug-likeness (QED) is 0.312. The maximum absolute atomic E-state index is 11.0. The van der Waals surface area contributed by atoms with E-state index in [0.717, 1.165) is 5.01 Å². The third-order valence-corrected chi connectivity index (χ3v) is 1.14. The molecule has 1 aromatic heterocycles. The van der Waals surface area contributed by atoms with Crippen LogP contribution in [0.15, 0.2) is 6.20 Å². The number of carbonyl (C=O) groups excluding carboxylic acids is 1. The molecule has 0 bridgehead atoms. The molecule has 11 heavy (non-hydrogen) atoms. The molecule has 0 aliphatic heterocycles. The molecule has 0 fully saturated rings. The van der Waals surface area contributed by atoms with Crippen LogP contribution in [0.25, 0.3) is 0 Å². The first-order chi connectivity index (χ1) is 5.11. The number of nitrogens with two attached hydrogens (primary N) is 1. The maximum atomic E-state index is 11.0. The molecule has 6 nitrogen and oxygen atoms in total. The van der Waals surface area contributed by atoms with E-state index in [0.29, 0.717) is 0 Å². The molecule has 0 radical (unpaired) electrons. The number of aryl methyl sites for hydroxylation is 1. The number of carbonyl (C=O) groups is 1. The van der Waals surface area contributed by atoms with E-state index in [4.69, 9.17) is 5.84 Å². The van der Waals surface area contributed by atoms with Gasteiger partial charge in [0.2, 0.25) is 0 Å². The van der Waals surface area contributed by atoms with Gasteiger partial charge in [-0.1, -0.05) is 0 Å². The van der Waals surface area contributed by atoms with Crippen molar-refractivity contribution in [3.63, 3.8) is 0 Å². The Labute approximate surface area is 63.6 Å². The highest BCUT2D eigenvalue weighted by Gasteiger charge is 2.11. The van der Waals surface area contributed by atoms with Gasteiger partial charge in [0.15, 0.2) is 5.69 Å². The van der Waals surface area contributed by atoms with Crippen LogP contribution < -0.4 is 5.84 Å². The minimum Gasteiger partial charge on any atom is -0.278 e. The molecule has 0 saturated carbocycles. The summed E-state index contributed by atoms with van der Waals surface area (Å²) in [5.74, 6) is 4.83. The first-order valence-electron chi connectivity index (χ1n) is 3.00. The average molecular weight is 155 g/mol. The van der Waals surface area contributed by atoms with Crippen LogP contribution in [-0.4, -0.2) is 33.0 Å². The normalized spacial score (nSPS) is 9.73. The predicted octanol–water partition coefficient (Wildman–Crippen LogP) is -1.24. The summed E-state index contributed by atoms with van der Waals surface area (Å²) in [6.07, 6.45) is 1.37. The van der Waals surface area contributed by atoms with E-state index in [1.807, 2.05) is 0 Å². The number of hydrogen-bond acceptors (Lipinski definition) is 4. The summed E-state index contributed by atoms with van der Waals surface area (Å²) in [6, 6.07) is 0. The van der Waals surface area contributed by atoms with Crippen LogP contribution in [0.4, 0.5) is 0 Å². The molecule has 6 heteroatoms. The first kappa shape index (κ1) is 7.67. The molecule has 0 atom stereocenters. The third kappa shape index (κ3) is 1.53. The molecule has 0 aliphatic carbocycles. The lowest BCUT2D eigenvalue weighted by atomic mass is 10.4. The van der Waals surface area contributed by atoms with Gasteiger partial charge in [-0.25, -0.2) is 5.84 Å². The highest BCUT2D eigenvalue weighted by atomic mass is 16.2. The van der Waals surface area contributed by atoms with Gasteiger partial charge >= 0.3 is 0 Å². The lowest BCUT2D eigenvalue weighted by Gasteiger charge is -2.05. The van der Waals surface area contributed by atoms with Crippen LogP contribution in [0, 0.1) is 0 Å². The highest BCUT2D eigenvalue weighted by molar-refractivity contribution is 5.91. The maximum Gasteiger partial charge on any atom is 0.289 e. The molecule has 1 aromatic rings. The van der Waals surface area contributed by atoms with E-state index < -0.39 is 0 Å². The summed E-state index contributed by atoms with van der Waals surface area (Å²) in [4.78, 5) is 12.3. The monoisotopic (exact) mass is 155 g/mol. The van der Waals surface area contributed by atoms with Crippen LogP contribution >= 0.6 is 0 Å².